The molecule has 6 fully saturated rings. The van der Waals surface area contributed by atoms with Gasteiger partial charge in [0, 0.05) is 6.04 Å². The second-order valence-corrected chi connectivity index (χ2v) is 10.6. The Morgan fingerprint density at radius 3 is 2.46 bits per heavy atom. The average molecular weight is 377 g/mol. The van der Waals surface area contributed by atoms with Gasteiger partial charge < -0.3 is 10.0 Å². The molecule has 1 aromatic carbocycles. The van der Waals surface area contributed by atoms with Gasteiger partial charge in [-0.2, -0.15) is 5.26 Å². The molecule has 4 bridgehead atoms. The molecule has 1 heterocycles. The van der Waals surface area contributed by atoms with E-state index in [9.17, 15) is 15.2 Å². The lowest BCUT2D eigenvalue weighted by Gasteiger charge is -2.62. The van der Waals surface area contributed by atoms with Gasteiger partial charge in [0.15, 0.2) is 0 Å². The highest BCUT2D eigenvalue weighted by atomic mass is 16.3. The monoisotopic (exact) mass is 376 g/mol. The van der Waals surface area contributed by atoms with E-state index in [0.717, 1.165) is 50.5 Å². The molecule has 4 nitrogen and oxygen atoms in total. The maximum Gasteiger partial charge on any atom is 0.232 e. The van der Waals surface area contributed by atoms with Gasteiger partial charge >= 0.3 is 0 Å². The van der Waals surface area contributed by atoms with Gasteiger partial charge in [0.1, 0.15) is 6.04 Å². The highest BCUT2D eigenvalue weighted by Gasteiger charge is 2.63. The van der Waals surface area contributed by atoms with Gasteiger partial charge in [0.25, 0.3) is 0 Å². The van der Waals surface area contributed by atoms with Gasteiger partial charge in [-0.25, -0.2) is 0 Å². The van der Waals surface area contributed by atoms with E-state index in [2.05, 4.69) is 18.2 Å². The fourth-order valence-corrected chi connectivity index (χ4v) is 8.06. The summed E-state index contributed by atoms with van der Waals surface area (Å²) in [6.45, 7) is 0. The second kappa shape index (κ2) is 5.60. The quantitative estimate of drug-likeness (QED) is 0.876. The van der Waals surface area contributed by atoms with Gasteiger partial charge in [0.2, 0.25) is 5.91 Å². The zero-order chi connectivity index (χ0) is 19.1. The zero-order valence-corrected chi connectivity index (χ0v) is 16.3. The van der Waals surface area contributed by atoms with Gasteiger partial charge in [-0.15, -0.1) is 0 Å². The van der Waals surface area contributed by atoms with E-state index >= 15 is 0 Å². The fourth-order valence-electron chi connectivity index (χ4n) is 8.06. The molecule has 0 spiro atoms. The van der Waals surface area contributed by atoms with Crippen molar-refractivity contribution < 1.29 is 9.90 Å². The lowest BCUT2D eigenvalue weighted by molar-refractivity contribution is -0.178. The van der Waals surface area contributed by atoms with Gasteiger partial charge in [-0.1, -0.05) is 30.3 Å². The number of rotatable bonds is 3. The van der Waals surface area contributed by atoms with Crippen molar-refractivity contribution in [1.82, 2.24) is 4.90 Å². The van der Waals surface area contributed by atoms with Crippen LogP contribution in [0.25, 0.3) is 0 Å². The number of carbonyl (C=O) groups excluding carboxylic acids is 1. The molecule has 6 aliphatic rings. The van der Waals surface area contributed by atoms with Crippen molar-refractivity contribution in [2.45, 2.75) is 75.0 Å². The number of nitriles is 1. The van der Waals surface area contributed by atoms with Gasteiger partial charge in [0.05, 0.1) is 17.6 Å². The Labute approximate surface area is 166 Å². The highest BCUT2D eigenvalue weighted by Crippen LogP contribution is 2.66. The first kappa shape index (κ1) is 17.0. The van der Waals surface area contributed by atoms with Crippen LogP contribution in [0.2, 0.25) is 0 Å². The number of benzene rings is 1. The van der Waals surface area contributed by atoms with Crippen molar-refractivity contribution in [2.75, 3.05) is 0 Å². The summed E-state index contributed by atoms with van der Waals surface area (Å²) in [5.74, 6) is 1.56. The van der Waals surface area contributed by atoms with Crippen LogP contribution in [-0.2, 0) is 4.79 Å². The maximum absolute atomic E-state index is 14.1. The molecule has 146 valence electrons. The standard InChI is InChI=1S/C24H28N2O2/c25-13-19-7-18-8-20(18)26(19)22(27)21(17-4-2-1-3-5-17)23-9-15-6-16(10-23)12-24(28,11-15)14-23/h1-5,15-16,18-21,28H,6-12,14H2/t15?,16?,18-,19+,20+,21?,23?,24?/m1/s1. The van der Waals surface area contributed by atoms with Gasteiger partial charge in [-0.3, -0.25) is 4.79 Å². The second-order valence-electron chi connectivity index (χ2n) is 10.6. The number of carbonyl (C=O) groups is 1. The summed E-state index contributed by atoms with van der Waals surface area (Å²) in [6.07, 6.45) is 7.80. The van der Waals surface area contributed by atoms with Crippen LogP contribution in [0.5, 0.6) is 0 Å². The number of likely N-dealkylation sites (tertiary alicyclic amines) is 1. The van der Waals surface area contributed by atoms with E-state index < -0.39 is 5.60 Å². The number of hydrogen-bond acceptors (Lipinski definition) is 3. The SMILES string of the molecule is N#C[C@@H]1C[C@@H]2C[C@@H]2N1C(=O)C(c1ccccc1)C12CC3CC(CC(O)(C3)C1)C2. The van der Waals surface area contributed by atoms with Crippen molar-refractivity contribution in [1.29, 1.82) is 5.26 Å². The Kier molecular flexibility index (Phi) is 3.41. The molecular formula is C24H28N2O2. The summed E-state index contributed by atoms with van der Waals surface area (Å²) < 4.78 is 0. The smallest absolute Gasteiger partial charge is 0.232 e. The van der Waals surface area contributed by atoms with E-state index in [1.165, 1.54) is 6.42 Å². The molecule has 7 rings (SSSR count). The zero-order valence-electron chi connectivity index (χ0n) is 16.3. The number of amides is 1. The molecule has 1 N–H and O–H groups in total. The molecule has 1 saturated heterocycles. The molecular weight excluding hydrogens is 348 g/mol. The predicted molar refractivity (Wildman–Crippen MR) is 104 cm³/mol. The lowest BCUT2D eigenvalue weighted by atomic mass is 9.44. The fraction of sp³-hybridized carbons (Fsp3) is 0.667. The predicted octanol–water partition coefficient (Wildman–Crippen LogP) is 3.61. The van der Waals surface area contributed by atoms with Crippen LogP contribution >= 0.6 is 0 Å². The van der Waals surface area contributed by atoms with Crippen molar-refractivity contribution in [3.63, 3.8) is 0 Å². The molecule has 1 amide bonds. The molecule has 1 aromatic rings. The van der Waals surface area contributed by atoms with Crippen molar-refractivity contribution in [3.8, 4) is 6.07 Å². The minimum absolute atomic E-state index is 0.149. The Morgan fingerprint density at radius 2 is 1.82 bits per heavy atom. The first-order chi connectivity index (χ1) is 13.5. The van der Waals surface area contributed by atoms with Crippen LogP contribution < -0.4 is 0 Å². The topological polar surface area (TPSA) is 64.3 Å². The van der Waals surface area contributed by atoms with Crippen LogP contribution in [0.4, 0.5) is 0 Å². The lowest BCUT2D eigenvalue weighted by Crippen LogP contribution is -2.59. The Bertz CT molecular complexity index is 845. The molecule has 4 heteroatoms. The van der Waals surface area contributed by atoms with Crippen LogP contribution in [0, 0.1) is 34.5 Å². The van der Waals surface area contributed by atoms with E-state index in [4.69, 9.17) is 0 Å². The van der Waals surface area contributed by atoms with Crippen molar-refractivity contribution in [2.24, 2.45) is 23.2 Å². The minimum atomic E-state index is -0.584. The summed E-state index contributed by atoms with van der Waals surface area (Å²) in [6, 6.07) is 12.6. The number of fused-ring (bicyclic) bond motifs is 1. The first-order valence-corrected chi connectivity index (χ1v) is 11.0. The third-order valence-corrected chi connectivity index (χ3v) is 8.58. The Hall–Kier alpha value is -1.86. The van der Waals surface area contributed by atoms with E-state index in [0.29, 0.717) is 17.8 Å². The molecule has 5 aliphatic carbocycles. The van der Waals surface area contributed by atoms with E-state index in [1.54, 1.807) is 0 Å². The Morgan fingerprint density at radius 1 is 1.11 bits per heavy atom. The van der Waals surface area contributed by atoms with Crippen LogP contribution in [0.1, 0.15) is 62.8 Å². The van der Waals surface area contributed by atoms with Crippen LogP contribution in [0.15, 0.2) is 30.3 Å². The normalized spacial score (nSPS) is 46.1. The number of nitrogens with zero attached hydrogens (tertiary/aromatic N) is 2. The number of piperidine rings is 1. The molecule has 3 unspecified atom stereocenters. The highest BCUT2D eigenvalue weighted by molar-refractivity contribution is 5.86. The summed E-state index contributed by atoms with van der Waals surface area (Å²) in [5, 5.41) is 21.0. The average Bonchev–Trinajstić information content (AvgIpc) is 3.30. The number of aliphatic hydroxyl groups is 1. The third-order valence-electron chi connectivity index (χ3n) is 8.58. The molecule has 0 aromatic heterocycles. The Balaban J connectivity index is 1.44. The molecule has 1 aliphatic heterocycles. The van der Waals surface area contributed by atoms with Crippen LogP contribution in [-0.4, -0.2) is 33.6 Å². The van der Waals surface area contributed by atoms with Gasteiger partial charge in [-0.05, 0) is 80.1 Å². The molecule has 28 heavy (non-hydrogen) atoms. The molecule has 6 atom stereocenters. The molecule has 0 radical (unpaired) electrons. The third kappa shape index (κ3) is 2.35. The number of hydrogen-bond donors (Lipinski definition) is 1. The van der Waals surface area contributed by atoms with E-state index in [1.807, 2.05) is 23.1 Å². The summed E-state index contributed by atoms with van der Waals surface area (Å²) in [7, 11) is 0. The largest absolute Gasteiger partial charge is 0.390 e. The van der Waals surface area contributed by atoms with Crippen molar-refractivity contribution in [3.05, 3.63) is 35.9 Å². The van der Waals surface area contributed by atoms with Crippen molar-refractivity contribution >= 4 is 5.91 Å². The summed E-state index contributed by atoms with van der Waals surface area (Å²) in [4.78, 5) is 16.0. The minimum Gasteiger partial charge on any atom is -0.390 e. The first-order valence-electron chi connectivity index (χ1n) is 11.0. The van der Waals surface area contributed by atoms with E-state index in [-0.39, 0.29) is 29.3 Å². The maximum atomic E-state index is 14.1. The summed E-state index contributed by atoms with van der Waals surface area (Å²) >= 11 is 0. The summed E-state index contributed by atoms with van der Waals surface area (Å²) in [5.41, 5.74) is 0.350. The van der Waals surface area contributed by atoms with Crippen LogP contribution in [0.3, 0.4) is 0 Å². The molecule has 5 saturated carbocycles.